The SMILES string of the molecule is C=Nn1c2ccc(OC(C)=O)cc2c(=O)c2c(NCCN(CC)CC)ccc(N)c21. The van der Waals surface area contributed by atoms with E-state index in [9.17, 15) is 9.59 Å². The number of pyridine rings is 1. The number of hydrogen-bond acceptors (Lipinski definition) is 7. The van der Waals surface area contributed by atoms with Crippen LogP contribution < -0.4 is 21.2 Å². The summed E-state index contributed by atoms with van der Waals surface area (Å²) in [5, 5.41) is 8.25. The van der Waals surface area contributed by atoms with Crippen LogP contribution in [0.25, 0.3) is 21.8 Å². The summed E-state index contributed by atoms with van der Waals surface area (Å²) in [5.74, 6) is -0.165. The monoisotopic (exact) mass is 409 g/mol. The lowest BCUT2D eigenvalue weighted by molar-refractivity contribution is -0.131. The van der Waals surface area contributed by atoms with Gasteiger partial charge >= 0.3 is 5.97 Å². The Morgan fingerprint density at radius 2 is 2.00 bits per heavy atom. The summed E-state index contributed by atoms with van der Waals surface area (Å²) in [4.78, 5) is 27.1. The fourth-order valence-electron chi connectivity index (χ4n) is 3.61. The molecule has 0 saturated heterocycles. The quantitative estimate of drug-likeness (QED) is 0.195. The van der Waals surface area contributed by atoms with Gasteiger partial charge in [-0.25, -0.2) is 4.68 Å². The number of hydrogen-bond donors (Lipinski definition) is 2. The number of rotatable bonds is 8. The molecule has 0 saturated carbocycles. The summed E-state index contributed by atoms with van der Waals surface area (Å²) in [5.41, 5.74) is 8.14. The van der Waals surface area contributed by atoms with Crippen LogP contribution in [0.5, 0.6) is 5.75 Å². The summed E-state index contributed by atoms with van der Waals surface area (Å²) in [6.45, 7) is 12.6. The molecule has 0 aliphatic rings. The van der Waals surface area contributed by atoms with E-state index in [1.54, 1.807) is 35.0 Å². The van der Waals surface area contributed by atoms with Crippen molar-refractivity contribution in [2.45, 2.75) is 20.8 Å². The second kappa shape index (κ2) is 8.96. The molecule has 0 aliphatic carbocycles. The molecule has 0 spiro atoms. The summed E-state index contributed by atoms with van der Waals surface area (Å²) in [6.07, 6.45) is 0. The Hall–Kier alpha value is -3.39. The maximum Gasteiger partial charge on any atom is 0.308 e. The Balaban J connectivity index is 2.20. The van der Waals surface area contributed by atoms with Gasteiger partial charge < -0.3 is 20.7 Å². The lowest BCUT2D eigenvalue weighted by atomic mass is 10.1. The van der Waals surface area contributed by atoms with Crippen LogP contribution in [0.4, 0.5) is 11.4 Å². The van der Waals surface area contributed by atoms with Crippen molar-refractivity contribution in [2.75, 3.05) is 37.2 Å². The van der Waals surface area contributed by atoms with Crippen molar-refractivity contribution in [2.24, 2.45) is 5.10 Å². The number of carbonyl (C=O) groups excluding carboxylic acids is 1. The second-order valence-electron chi connectivity index (χ2n) is 6.93. The summed E-state index contributed by atoms with van der Waals surface area (Å²) >= 11 is 0. The van der Waals surface area contributed by atoms with E-state index in [0.29, 0.717) is 45.5 Å². The number of likely N-dealkylation sites (N-methyl/N-ethyl adjacent to an activating group) is 1. The van der Waals surface area contributed by atoms with E-state index in [-0.39, 0.29) is 5.43 Å². The van der Waals surface area contributed by atoms with Crippen LogP contribution in [0.2, 0.25) is 0 Å². The van der Waals surface area contributed by atoms with Gasteiger partial charge in [0.25, 0.3) is 0 Å². The first-order valence-corrected chi connectivity index (χ1v) is 9.93. The van der Waals surface area contributed by atoms with Crippen LogP contribution >= 0.6 is 0 Å². The normalized spacial score (nSPS) is 11.2. The van der Waals surface area contributed by atoms with Crippen LogP contribution in [0.3, 0.4) is 0 Å². The van der Waals surface area contributed by atoms with E-state index in [2.05, 4.69) is 35.9 Å². The fraction of sp³-hybridized carbons (Fsp3) is 0.318. The van der Waals surface area contributed by atoms with E-state index in [1.165, 1.54) is 6.92 Å². The maximum atomic E-state index is 13.5. The minimum Gasteiger partial charge on any atom is -0.427 e. The molecule has 1 heterocycles. The standard InChI is InChI=1S/C22H27N5O3/c1-5-26(6-2)12-11-25-18-9-8-17(23)21-20(18)22(29)16-13-15(30-14(3)28)7-10-19(16)27(21)24-4/h7-10,13,25H,4-6,11-12,23H2,1-3H3. The molecular weight excluding hydrogens is 382 g/mol. The Kier molecular flexibility index (Phi) is 6.37. The molecule has 8 heteroatoms. The number of fused-ring (bicyclic) bond motifs is 2. The molecule has 3 N–H and O–H groups in total. The zero-order chi connectivity index (χ0) is 21.8. The van der Waals surface area contributed by atoms with Crippen molar-refractivity contribution in [3.05, 3.63) is 40.6 Å². The topological polar surface area (TPSA) is 102 Å². The van der Waals surface area contributed by atoms with Crippen molar-refractivity contribution in [1.29, 1.82) is 0 Å². The van der Waals surface area contributed by atoms with Crippen molar-refractivity contribution >= 4 is 45.9 Å². The van der Waals surface area contributed by atoms with E-state index >= 15 is 0 Å². The van der Waals surface area contributed by atoms with Crippen molar-refractivity contribution in [3.8, 4) is 5.75 Å². The zero-order valence-corrected chi connectivity index (χ0v) is 17.6. The largest absolute Gasteiger partial charge is 0.427 e. The molecule has 0 amide bonds. The molecule has 2 aromatic carbocycles. The number of aromatic nitrogens is 1. The molecule has 3 rings (SSSR count). The third-order valence-electron chi connectivity index (χ3n) is 5.13. The third-order valence-corrected chi connectivity index (χ3v) is 5.13. The molecule has 30 heavy (non-hydrogen) atoms. The smallest absolute Gasteiger partial charge is 0.308 e. The Labute approximate surface area is 174 Å². The zero-order valence-electron chi connectivity index (χ0n) is 17.6. The van der Waals surface area contributed by atoms with Crippen molar-refractivity contribution < 1.29 is 9.53 Å². The second-order valence-corrected chi connectivity index (χ2v) is 6.93. The third kappa shape index (κ3) is 3.99. The number of benzene rings is 2. The molecule has 158 valence electrons. The Morgan fingerprint density at radius 1 is 1.27 bits per heavy atom. The first kappa shape index (κ1) is 21.3. The van der Waals surface area contributed by atoms with Crippen LogP contribution in [-0.4, -0.2) is 48.4 Å². The highest BCUT2D eigenvalue weighted by Gasteiger charge is 2.17. The molecule has 0 bridgehead atoms. The highest BCUT2D eigenvalue weighted by Crippen LogP contribution is 2.30. The number of nitrogen functional groups attached to an aromatic ring is 1. The minimum atomic E-state index is -0.458. The average molecular weight is 409 g/mol. The molecule has 0 radical (unpaired) electrons. The van der Waals surface area contributed by atoms with Crippen molar-refractivity contribution in [1.82, 2.24) is 9.58 Å². The van der Waals surface area contributed by atoms with E-state index < -0.39 is 5.97 Å². The number of nitrogens with one attached hydrogen (secondary N) is 1. The van der Waals surface area contributed by atoms with E-state index in [0.717, 1.165) is 19.6 Å². The van der Waals surface area contributed by atoms with Crippen molar-refractivity contribution in [3.63, 3.8) is 0 Å². The maximum absolute atomic E-state index is 13.5. The summed E-state index contributed by atoms with van der Waals surface area (Å²) in [6, 6.07) is 8.38. The van der Waals surface area contributed by atoms with Gasteiger partial charge in [0, 0.05) is 32.4 Å². The number of ether oxygens (including phenoxy) is 1. The molecule has 3 aromatic rings. The van der Waals surface area contributed by atoms with Gasteiger partial charge in [-0.05, 0) is 43.4 Å². The molecule has 8 nitrogen and oxygen atoms in total. The molecular formula is C22H27N5O3. The predicted octanol–water partition coefficient (Wildman–Crippen LogP) is 2.88. The lowest BCUT2D eigenvalue weighted by Gasteiger charge is -2.20. The number of carbonyl (C=O) groups is 1. The Bertz CT molecular complexity index is 1170. The van der Waals surface area contributed by atoms with Gasteiger partial charge in [-0.2, -0.15) is 5.10 Å². The molecule has 1 aromatic heterocycles. The van der Waals surface area contributed by atoms with Gasteiger partial charge in [-0.3, -0.25) is 9.59 Å². The first-order valence-electron chi connectivity index (χ1n) is 9.93. The van der Waals surface area contributed by atoms with Gasteiger partial charge in [0.1, 0.15) is 11.3 Å². The van der Waals surface area contributed by atoms with E-state index in [4.69, 9.17) is 10.5 Å². The lowest BCUT2D eigenvalue weighted by Crippen LogP contribution is -2.28. The first-order chi connectivity index (χ1) is 14.4. The number of nitrogens with zero attached hydrogens (tertiary/aromatic N) is 3. The fourth-order valence-corrected chi connectivity index (χ4v) is 3.61. The van der Waals surface area contributed by atoms with Gasteiger partial charge in [-0.1, -0.05) is 13.8 Å². The predicted molar refractivity (Wildman–Crippen MR) is 123 cm³/mol. The average Bonchev–Trinajstić information content (AvgIpc) is 2.73. The number of nitrogens with two attached hydrogens (primary N) is 1. The van der Waals surface area contributed by atoms with Gasteiger partial charge in [0.15, 0.2) is 5.43 Å². The molecule has 0 unspecified atom stereocenters. The van der Waals surface area contributed by atoms with Crippen LogP contribution in [0, 0.1) is 0 Å². The highest BCUT2D eigenvalue weighted by atomic mass is 16.5. The van der Waals surface area contributed by atoms with Gasteiger partial charge in [-0.15, -0.1) is 0 Å². The molecule has 0 atom stereocenters. The summed E-state index contributed by atoms with van der Waals surface area (Å²) < 4.78 is 6.70. The molecule has 0 fully saturated rings. The van der Waals surface area contributed by atoms with Gasteiger partial charge in [0.2, 0.25) is 0 Å². The summed E-state index contributed by atoms with van der Waals surface area (Å²) in [7, 11) is 0. The number of anilines is 2. The van der Waals surface area contributed by atoms with E-state index in [1.807, 2.05) is 0 Å². The number of esters is 1. The van der Waals surface area contributed by atoms with Gasteiger partial charge in [0.05, 0.1) is 22.0 Å². The van der Waals surface area contributed by atoms with Crippen LogP contribution in [0.1, 0.15) is 20.8 Å². The molecule has 0 aliphatic heterocycles. The Morgan fingerprint density at radius 3 is 2.63 bits per heavy atom. The minimum absolute atomic E-state index is 0.216. The highest BCUT2D eigenvalue weighted by molar-refractivity contribution is 6.05. The van der Waals surface area contributed by atoms with Crippen LogP contribution in [-0.2, 0) is 4.79 Å². The van der Waals surface area contributed by atoms with Crippen LogP contribution in [0.15, 0.2) is 40.2 Å².